The van der Waals surface area contributed by atoms with Crippen molar-refractivity contribution in [2.45, 2.75) is 65.4 Å². The minimum Gasteiger partial charge on any atom is -0.444 e. The zero-order valence-electron chi connectivity index (χ0n) is 14.0. The Morgan fingerprint density at radius 1 is 1.45 bits per heavy atom. The maximum Gasteiger partial charge on any atom is 0.407 e. The first-order valence-electron chi connectivity index (χ1n) is 7.51. The van der Waals surface area contributed by atoms with Crippen molar-refractivity contribution >= 4 is 6.09 Å². The number of nitrogens with zero attached hydrogens (tertiary/aromatic N) is 2. The molecular weight excluding hydrogens is 286 g/mol. The fraction of sp³-hybridized carbons (Fsp3) is 0.733. The summed E-state index contributed by atoms with van der Waals surface area (Å²) < 4.78 is 6.81. The highest BCUT2D eigenvalue weighted by molar-refractivity contribution is 5.67. The van der Waals surface area contributed by atoms with E-state index in [0.717, 1.165) is 13.0 Å². The van der Waals surface area contributed by atoms with Gasteiger partial charge in [-0.2, -0.15) is 5.10 Å². The van der Waals surface area contributed by atoms with Gasteiger partial charge in [0.05, 0.1) is 5.69 Å². The van der Waals surface area contributed by atoms with Crippen molar-refractivity contribution < 1.29 is 19.7 Å². The molecule has 1 aromatic rings. The Bertz CT molecular complexity index is 493. The molecule has 0 aliphatic heterocycles. The van der Waals surface area contributed by atoms with Crippen LogP contribution in [0.15, 0.2) is 6.20 Å². The molecule has 1 heterocycles. The van der Waals surface area contributed by atoms with E-state index in [1.165, 1.54) is 0 Å². The number of aliphatic hydroxyl groups is 2. The van der Waals surface area contributed by atoms with E-state index in [-0.39, 0.29) is 6.54 Å². The predicted octanol–water partition coefficient (Wildman–Crippen LogP) is 1.52. The zero-order chi connectivity index (χ0) is 16.9. The number of hydrogen-bond acceptors (Lipinski definition) is 5. The lowest BCUT2D eigenvalue weighted by atomic mass is 10.1. The number of amides is 1. The minimum atomic E-state index is -1.13. The van der Waals surface area contributed by atoms with Crippen LogP contribution < -0.4 is 5.32 Å². The molecule has 7 nitrogen and oxygen atoms in total. The minimum absolute atomic E-state index is 0.103. The molecule has 0 saturated carbocycles. The number of alkyl carbamates (subject to hydrolysis) is 1. The summed E-state index contributed by atoms with van der Waals surface area (Å²) in [5, 5.41) is 26.9. The largest absolute Gasteiger partial charge is 0.444 e. The molecule has 2 unspecified atom stereocenters. The van der Waals surface area contributed by atoms with Crippen LogP contribution >= 0.6 is 0 Å². The van der Waals surface area contributed by atoms with Gasteiger partial charge in [0.1, 0.15) is 17.8 Å². The first-order valence-corrected chi connectivity index (χ1v) is 7.51. The summed E-state index contributed by atoms with van der Waals surface area (Å²) in [6.07, 6.45) is -0.220. The first kappa shape index (κ1) is 18.4. The molecule has 7 heteroatoms. The van der Waals surface area contributed by atoms with E-state index >= 15 is 0 Å². The number of hydrogen-bond donors (Lipinski definition) is 3. The maximum absolute atomic E-state index is 11.5. The summed E-state index contributed by atoms with van der Waals surface area (Å²) in [5.41, 5.74) is 0.620. The van der Waals surface area contributed by atoms with Crippen LogP contribution in [0.3, 0.4) is 0 Å². The molecule has 0 aliphatic rings. The summed E-state index contributed by atoms with van der Waals surface area (Å²) >= 11 is 0. The molecule has 1 aromatic heterocycles. The van der Waals surface area contributed by atoms with E-state index in [9.17, 15) is 15.0 Å². The molecule has 3 N–H and O–H groups in total. The van der Waals surface area contributed by atoms with Gasteiger partial charge in [-0.1, -0.05) is 6.92 Å². The van der Waals surface area contributed by atoms with E-state index in [1.54, 1.807) is 38.6 Å². The number of aromatic nitrogens is 2. The molecule has 0 spiro atoms. The van der Waals surface area contributed by atoms with Crippen LogP contribution in [0.25, 0.3) is 0 Å². The molecule has 22 heavy (non-hydrogen) atoms. The molecule has 2 atom stereocenters. The number of rotatable bonds is 6. The van der Waals surface area contributed by atoms with E-state index in [1.807, 2.05) is 6.92 Å². The van der Waals surface area contributed by atoms with Gasteiger partial charge in [0, 0.05) is 24.8 Å². The Morgan fingerprint density at radius 2 is 2.09 bits per heavy atom. The Labute approximate surface area is 131 Å². The smallest absolute Gasteiger partial charge is 0.407 e. The Kier molecular flexibility index (Phi) is 6.37. The standard InChI is InChI=1S/C15H27N3O4/c1-6-7-18-9-11(10(2)17-18)13(20)12(19)8-16-14(21)22-15(3,4)5/h9,12-13,19-20H,6-8H2,1-5H3,(H,16,21). The van der Waals surface area contributed by atoms with Crippen LogP contribution in [0.4, 0.5) is 4.79 Å². The SMILES string of the molecule is CCCn1cc(C(O)C(O)CNC(=O)OC(C)(C)C)c(C)n1. The Hall–Kier alpha value is -1.60. The average Bonchev–Trinajstić information content (AvgIpc) is 2.74. The van der Waals surface area contributed by atoms with Crippen molar-refractivity contribution in [1.29, 1.82) is 0 Å². The lowest BCUT2D eigenvalue weighted by molar-refractivity contribution is 0.0126. The topological polar surface area (TPSA) is 96.6 Å². The van der Waals surface area contributed by atoms with Crippen molar-refractivity contribution in [3.8, 4) is 0 Å². The second kappa shape index (κ2) is 7.60. The monoisotopic (exact) mass is 313 g/mol. The van der Waals surface area contributed by atoms with Gasteiger partial charge in [0.15, 0.2) is 0 Å². The molecule has 0 aliphatic carbocycles. The van der Waals surface area contributed by atoms with E-state index in [2.05, 4.69) is 10.4 Å². The van der Waals surface area contributed by atoms with Gasteiger partial charge in [-0.25, -0.2) is 4.79 Å². The fourth-order valence-corrected chi connectivity index (χ4v) is 1.99. The summed E-state index contributed by atoms with van der Waals surface area (Å²) in [7, 11) is 0. The summed E-state index contributed by atoms with van der Waals surface area (Å²) in [6, 6.07) is 0. The lowest BCUT2D eigenvalue weighted by Gasteiger charge is -2.22. The van der Waals surface area contributed by atoms with Crippen LogP contribution in [0.5, 0.6) is 0 Å². The Balaban J connectivity index is 2.58. The van der Waals surface area contributed by atoms with Gasteiger partial charge in [0.25, 0.3) is 0 Å². The molecule has 0 fully saturated rings. The summed E-state index contributed by atoms with van der Waals surface area (Å²) in [5.74, 6) is 0. The second-order valence-corrected chi connectivity index (χ2v) is 6.33. The fourth-order valence-electron chi connectivity index (χ4n) is 1.99. The van der Waals surface area contributed by atoms with Gasteiger partial charge in [-0.15, -0.1) is 0 Å². The predicted molar refractivity (Wildman–Crippen MR) is 82.5 cm³/mol. The molecule has 0 aromatic carbocycles. The van der Waals surface area contributed by atoms with Crippen molar-refractivity contribution in [1.82, 2.24) is 15.1 Å². The molecule has 0 radical (unpaired) electrons. The van der Waals surface area contributed by atoms with Gasteiger partial charge >= 0.3 is 6.09 Å². The third-order valence-electron chi connectivity index (χ3n) is 2.97. The Morgan fingerprint density at radius 3 is 2.64 bits per heavy atom. The van der Waals surface area contributed by atoms with Crippen LogP contribution in [0.1, 0.15) is 51.5 Å². The molecular formula is C15H27N3O4. The second-order valence-electron chi connectivity index (χ2n) is 6.33. The summed E-state index contributed by atoms with van der Waals surface area (Å²) in [6.45, 7) is 9.72. The number of carbonyl (C=O) groups is 1. The van der Waals surface area contributed by atoms with Crippen molar-refractivity contribution in [3.05, 3.63) is 17.5 Å². The number of aryl methyl sites for hydroxylation is 2. The molecule has 126 valence electrons. The van der Waals surface area contributed by atoms with Gasteiger partial charge in [-0.3, -0.25) is 4.68 Å². The van der Waals surface area contributed by atoms with Crippen molar-refractivity contribution in [3.63, 3.8) is 0 Å². The number of carbonyl (C=O) groups excluding carboxylic acids is 1. The van der Waals surface area contributed by atoms with E-state index < -0.39 is 23.9 Å². The molecule has 1 amide bonds. The van der Waals surface area contributed by atoms with E-state index in [4.69, 9.17) is 4.74 Å². The van der Waals surface area contributed by atoms with Crippen molar-refractivity contribution in [2.75, 3.05) is 6.54 Å². The third-order valence-corrected chi connectivity index (χ3v) is 2.97. The van der Waals surface area contributed by atoms with Crippen molar-refractivity contribution in [2.24, 2.45) is 0 Å². The lowest BCUT2D eigenvalue weighted by Crippen LogP contribution is -2.38. The quantitative estimate of drug-likeness (QED) is 0.740. The zero-order valence-corrected chi connectivity index (χ0v) is 14.0. The molecule has 1 rings (SSSR count). The normalized spacial score (nSPS) is 14.5. The van der Waals surface area contributed by atoms with Crippen LogP contribution in [0, 0.1) is 6.92 Å². The maximum atomic E-state index is 11.5. The number of nitrogens with one attached hydrogen (secondary N) is 1. The van der Waals surface area contributed by atoms with E-state index in [0.29, 0.717) is 11.3 Å². The third kappa shape index (κ3) is 5.65. The van der Waals surface area contributed by atoms with Crippen LogP contribution in [0.2, 0.25) is 0 Å². The molecule has 0 saturated heterocycles. The highest BCUT2D eigenvalue weighted by atomic mass is 16.6. The van der Waals surface area contributed by atoms with Gasteiger partial charge < -0.3 is 20.3 Å². The molecule has 0 bridgehead atoms. The van der Waals surface area contributed by atoms with Gasteiger partial charge in [0.2, 0.25) is 0 Å². The highest BCUT2D eigenvalue weighted by Gasteiger charge is 2.24. The number of aliphatic hydroxyl groups excluding tert-OH is 2. The highest BCUT2D eigenvalue weighted by Crippen LogP contribution is 2.20. The first-order chi connectivity index (χ1) is 10.1. The number of ether oxygens (including phenoxy) is 1. The van der Waals surface area contributed by atoms with Gasteiger partial charge in [-0.05, 0) is 34.1 Å². The average molecular weight is 313 g/mol. The van der Waals surface area contributed by atoms with Crippen LogP contribution in [-0.2, 0) is 11.3 Å². The van der Waals surface area contributed by atoms with Crippen LogP contribution in [-0.4, -0.2) is 44.3 Å². The summed E-state index contributed by atoms with van der Waals surface area (Å²) in [4.78, 5) is 11.5.